The van der Waals surface area contributed by atoms with Gasteiger partial charge in [0.05, 0.1) is 7.11 Å². The van der Waals surface area contributed by atoms with Gasteiger partial charge in [-0.15, -0.1) is 25.2 Å². The lowest BCUT2D eigenvalue weighted by Crippen LogP contribution is -2.68. The van der Waals surface area contributed by atoms with E-state index in [1.54, 1.807) is 31.6 Å². The number of rotatable bonds is 17. The highest BCUT2D eigenvalue weighted by molar-refractivity contribution is 6.87. The fraction of sp³-hybridized carbons (Fsp3) is 0.600. The Morgan fingerprint density at radius 1 is 0.722 bits per heavy atom. The van der Waals surface area contributed by atoms with Crippen LogP contribution in [-0.4, -0.2) is 117 Å². The summed E-state index contributed by atoms with van der Waals surface area (Å²) in [5.74, 6) is 0. The van der Waals surface area contributed by atoms with Gasteiger partial charge in [0.1, 0.15) is 0 Å². The summed E-state index contributed by atoms with van der Waals surface area (Å²) >= 11 is 0. The third-order valence-corrected chi connectivity index (χ3v) is 21.7. The van der Waals surface area contributed by atoms with Crippen molar-refractivity contribution in [3.05, 3.63) is 24.6 Å². The first kappa shape index (κ1) is 38.1. The molecule has 21 heteroatoms. The molecule has 0 heterocycles. The van der Waals surface area contributed by atoms with E-state index in [1.807, 2.05) is 13.1 Å². The third kappa shape index (κ3) is 14.8. The molecule has 0 spiro atoms. The Morgan fingerprint density at radius 3 is 1.50 bits per heavy atom. The highest BCUT2D eigenvalue weighted by atomic mass is 28.6. The van der Waals surface area contributed by atoms with E-state index in [2.05, 4.69) is 17.6 Å². The van der Waals surface area contributed by atoms with Crippen LogP contribution in [0.15, 0.2) is 24.6 Å². The zero-order chi connectivity index (χ0) is 28.7. The Bertz CT molecular complexity index is 757. The lowest BCUT2D eigenvalue weighted by atomic mass is 11.3. The Kier molecular flexibility index (Phi) is 18.5. The molecule has 36 heavy (non-hydrogen) atoms. The standard InChI is InChI=1S/C13H34O12Si7.C2H4OSi/c1-12-28(8,9)21-27(16-3)22-31(15,19-6)25-32(20-26-7,23-29(10,11)13-2)24-30(14,17-4)18-5;1-3-4-2/h7,12-15,27H,1-2H2,3-6,8-11H3;2H,1H3/t27?,31-,32?;/m0./s1. The van der Waals surface area contributed by atoms with Crippen LogP contribution in [0.5, 0.6) is 0 Å². The fourth-order valence-electron chi connectivity index (χ4n) is 1.70. The zero-order valence-corrected chi connectivity index (χ0v) is 30.3. The van der Waals surface area contributed by atoms with Gasteiger partial charge in [-0.3, -0.25) is 0 Å². The van der Waals surface area contributed by atoms with Crippen molar-refractivity contribution in [2.45, 2.75) is 26.2 Å². The first-order chi connectivity index (χ1) is 16.5. The summed E-state index contributed by atoms with van der Waals surface area (Å²) in [5, 5.41) is 0. The molecule has 0 rings (SSSR count). The Morgan fingerprint density at radius 2 is 1.17 bits per heavy atom. The van der Waals surface area contributed by atoms with Crippen molar-refractivity contribution in [1.29, 1.82) is 0 Å². The molecule has 0 aliphatic carbocycles. The molecule has 0 aromatic heterocycles. The molecule has 3 atom stereocenters. The van der Waals surface area contributed by atoms with Crippen molar-refractivity contribution in [3.8, 4) is 12.0 Å². The monoisotopic (exact) mass is 650 g/mol. The Hall–Kier alpha value is -0.0649. The molecule has 0 aromatic carbocycles. The van der Waals surface area contributed by atoms with Crippen molar-refractivity contribution in [1.82, 2.24) is 0 Å². The maximum absolute atomic E-state index is 11.1. The first-order valence-electron chi connectivity index (χ1n) is 10.0. The third-order valence-electron chi connectivity index (χ3n) is 3.79. The van der Waals surface area contributed by atoms with Gasteiger partial charge in [-0.2, -0.15) is 0 Å². The van der Waals surface area contributed by atoms with Crippen LogP contribution in [0.25, 0.3) is 0 Å². The van der Waals surface area contributed by atoms with Gasteiger partial charge >= 0.3 is 36.7 Å². The molecule has 0 saturated carbocycles. The van der Waals surface area contributed by atoms with Gasteiger partial charge in [0.25, 0.3) is 0 Å². The van der Waals surface area contributed by atoms with Gasteiger partial charge in [-0.1, -0.05) is 11.4 Å². The Balaban J connectivity index is 0. The topological polar surface area (TPSA) is 142 Å². The summed E-state index contributed by atoms with van der Waals surface area (Å²) < 4.78 is 59.2. The van der Waals surface area contributed by atoms with E-state index in [9.17, 15) is 9.59 Å². The van der Waals surface area contributed by atoms with Gasteiger partial charge in [-0.05, 0) is 26.2 Å². The van der Waals surface area contributed by atoms with Crippen LogP contribution < -0.4 is 0 Å². The molecule has 0 saturated heterocycles. The fourth-order valence-corrected chi connectivity index (χ4v) is 17.9. The predicted octanol–water partition coefficient (Wildman–Crippen LogP) is -0.410. The predicted molar refractivity (Wildman–Crippen MR) is 147 cm³/mol. The molecule has 0 aliphatic heterocycles. The highest BCUT2D eigenvalue weighted by Gasteiger charge is 2.66. The van der Waals surface area contributed by atoms with E-state index in [-0.39, 0.29) is 9.20 Å². The number of hydrogen-bond donors (Lipinski definition) is 2. The minimum atomic E-state index is -4.61. The van der Waals surface area contributed by atoms with Crippen molar-refractivity contribution in [3.63, 3.8) is 0 Å². The van der Waals surface area contributed by atoms with Crippen molar-refractivity contribution in [2.75, 3.05) is 35.5 Å². The smallest absolute Gasteiger partial charge is 0.508 e. The van der Waals surface area contributed by atoms with Crippen molar-refractivity contribution < 1.29 is 56.4 Å². The van der Waals surface area contributed by atoms with Crippen molar-refractivity contribution in [2.24, 2.45) is 0 Å². The van der Waals surface area contributed by atoms with E-state index < -0.39 is 62.5 Å². The summed E-state index contributed by atoms with van der Waals surface area (Å²) in [7, 11) is -15.7. The van der Waals surface area contributed by atoms with Crippen LogP contribution in [0.2, 0.25) is 26.2 Å². The second-order valence-electron chi connectivity index (χ2n) is 7.38. The Labute approximate surface area is 225 Å². The summed E-state index contributed by atoms with van der Waals surface area (Å²) in [6.07, 6.45) is 0. The van der Waals surface area contributed by atoms with Gasteiger partial charge in [-0.25, -0.2) is 0 Å². The normalized spacial score (nSPS) is 16.0. The molecule has 0 aromatic rings. The second kappa shape index (κ2) is 17.5. The van der Waals surface area contributed by atoms with Crippen LogP contribution in [0, 0.1) is 12.0 Å². The van der Waals surface area contributed by atoms with Crippen LogP contribution in [-0.2, 0) is 46.8 Å². The molecule has 2 N–H and O–H groups in total. The quantitative estimate of drug-likeness (QED) is 0.197. The summed E-state index contributed by atoms with van der Waals surface area (Å²) in [6.45, 7) is 14.7. The van der Waals surface area contributed by atoms with E-state index in [1.165, 1.54) is 7.11 Å². The second-order valence-corrected chi connectivity index (χ2v) is 26.0. The zero-order valence-electron chi connectivity index (χ0n) is 22.2. The van der Waals surface area contributed by atoms with Gasteiger partial charge in [0.2, 0.25) is 35.0 Å². The molecule has 0 radical (unpaired) electrons. The minimum absolute atomic E-state index is 0.140. The maximum Gasteiger partial charge on any atom is 0.722 e. The average Bonchev–Trinajstić information content (AvgIpc) is 2.83. The lowest BCUT2D eigenvalue weighted by molar-refractivity contribution is -0.00577. The molecule has 0 bridgehead atoms. The van der Waals surface area contributed by atoms with Crippen LogP contribution >= 0.6 is 0 Å². The molecule has 13 nitrogen and oxygen atoms in total. The first-order valence-corrected chi connectivity index (χ1v) is 24.4. The molecule has 2 unspecified atom stereocenters. The molecule has 0 amide bonds. The largest absolute Gasteiger partial charge is 0.722 e. The highest BCUT2D eigenvalue weighted by Crippen LogP contribution is 2.27. The summed E-state index contributed by atoms with van der Waals surface area (Å²) in [6, 6.07) is 10.4. The molecular formula is C15H38O13Si8. The SMILES string of the molecule is C#[Si]OC.C#[Si]O[Si](O[Si](C)(C)C=C)(O[Si](O)(OC)OC)O[Si@@](O)(OC)O[SiH](OC)O[Si](C)(C)C=C. The van der Waals surface area contributed by atoms with E-state index in [0.29, 0.717) is 0 Å². The molecular weight excluding hydrogens is 613 g/mol. The summed E-state index contributed by atoms with van der Waals surface area (Å²) in [5.41, 5.74) is 3.24. The van der Waals surface area contributed by atoms with E-state index >= 15 is 0 Å². The number of hydrogen-bond acceptors (Lipinski definition) is 13. The van der Waals surface area contributed by atoms with Gasteiger partial charge in [0.15, 0.2) is 0 Å². The maximum atomic E-state index is 11.1. The van der Waals surface area contributed by atoms with Gasteiger partial charge < -0.3 is 56.4 Å². The summed E-state index contributed by atoms with van der Waals surface area (Å²) in [4.78, 5) is 21.7. The van der Waals surface area contributed by atoms with Gasteiger partial charge in [0, 0.05) is 28.4 Å². The minimum Gasteiger partial charge on any atom is -0.508 e. The average molecular weight is 651 g/mol. The lowest BCUT2D eigenvalue weighted by Gasteiger charge is -2.38. The molecule has 208 valence electrons. The van der Waals surface area contributed by atoms with E-state index in [4.69, 9.17) is 54.4 Å². The van der Waals surface area contributed by atoms with Crippen LogP contribution in [0.1, 0.15) is 0 Å². The van der Waals surface area contributed by atoms with E-state index in [0.717, 1.165) is 21.3 Å². The van der Waals surface area contributed by atoms with Crippen LogP contribution in [0.4, 0.5) is 0 Å². The molecule has 0 fully saturated rings. The molecule has 0 aliphatic rings. The van der Waals surface area contributed by atoms with Crippen molar-refractivity contribution >= 4 is 71.7 Å². The van der Waals surface area contributed by atoms with Crippen LogP contribution in [0.3, 0.4) is 0 Å².